The number of aliphatic hydroxyl groups excluding tert-OH is 1. The fourth-order valence-corrected chi connectivity index (χ4v) is 2.70. The summed E-state index contributed by atoms with van der Waals surface area (Å²) in [6, 6.07) is 0. The van der Waals surface area contributed by atoms with Crippen molar-refractivity contribution in [2.45, 2.75) is 31.8 Å². The molecule has 1 fully saturated rings. The number of aromatic nitrogens is 2. The predicted molar refractivity (Wildman–Crippen MR) is 74.3 cm³/mol. The summed E-state index contributed by atoms with van der Waals surface area (Å²) in [5.41, 5.74) is -0.974. The van der Waals surface area contributed by atoms with Crippen molar-refractivity contribution in [2.24, 2.45) is 0 Å². The fraction of sp³-hybridized carbons (Fsp3) is 0.600. The first kappa shape index (κ1) is 19.8. The van der Waals surface area contributed by atoms with E-state index in [1.54, 1.807) is 0 Å². The van der Waals surface area contributed by atoms with E-state index in [1.165, 1.54) is 13.1 Å². The van der Waals surface area contributed by atoms with Crippen LogP contribution >= 0.6 is 7.82 Å². The molecule has 0 aliphatic carbocycles. The van der Waals surface area contributed by atoms with Crippen molar-refractivity contribution in [2.75, 3.05) is 6.61 Å². The van der Waals surface area contributed by atoms with Crippen LogP contribution < -0.4 is 11.2 Å². The number of aromatic amines is 1. The summed E-state index contributed by atoms with van der Waals surface area (Å²) in [5, 5.41) is 9.16. The largest absolute Gasteiger partial charge is 0.469 e. The molecule has 4 N–H and O–H groups in total. The van der Waals surface area contributed by atoms with E-state index in [2.05, 4.69) is 9.51 Å². The zero-order valence-corrected chi connectivity index (χ0v) is 14.9. The number of rotatable bonds is 4. The van der Waals surface area contributed by atoms with Crippen LogP contribution in [0.25, 0.3) is 0 Å². The number of aryl methyl sites for hydroxylation is 1. The topological polar surface area (TPSA) is 151 Å². The second-order valence-electron chi connectivity index (χ2n) is 4.66. The van der Waals surface area contributed by atoms with E-state index in [0.29, 0.717) is 0 Å². The number of aliphatic hydroxyl groups is 1. The Bertz CT molecular complexity index is 682. The van der Waals surface area contributed by atoms with Crippen LogP contribution in [0.4, 0.5) is 0 Å². The Morgan fingerprint density at radius 3 is 2.68 bits per heavy atom. The molecular formula is C10H15N2NaO8P. The fourth-order valence-electron chi connectivity index (χ4n) is 2.12. The maximum Gasteiger partial charge on any atom is 0.469 e. The monoisotopic (exact) mass is 345 g/mol. The molecule has 1 aliphatic heterocycles. The molecule has 0 aromatic carbocycles. The number of phosphoric acid groups is 1. The minimum atomic E-state index is -4.75. The third-order valence-electron chi connectivity index (χ3n) is 3.09. The molecule has 1 aliphatic rings. The van der Waals surface area contributed by atoms with Gasteiger partial charge in [-0.15, -0.1) is 0 Å². The van der Waals surface area contributed by atoms with Crippen molar-refractivity contribution in [1.29, 1.82) is 0 Å². The van der Waals surface area contributed by atoms with Crippen molar-refractivity contribution < 1.29 is 28.7 Å². The number of ether oxygens (including phenoxy) is 1. The molecule has 2 rings (SSSR count). The Morgan fingerprint density at radius 1 is 1.50 bits per heavy atom. The van der Waals surface area contributed by atoms with Crippen LogP contribution in [0.1, 0.15) is 18.2 Å². The van der Waals surface area contributed by atoms with E-state index in [1.807, 2.05) is 0 Å². The molecule has 22 heavy (non-hydrogen) atoms. The molecule has 0 saturated carbocycles. The van der Waals surface area contributed by atoms with Gasteiger partial charge in [-0.3, -0.25) is 18.9 Å². The average molecular weight is 345 g/mol. The summed E-state index contributed by atoms with van der Waals surface area (Å²) in [6.07, 6.45) is -1.73. The first-order valence-corrected chi connectivity index (χ1v) is 7.56. The van der Waals surface area contributed by atoms with Crippen LogP contribution in [0.2, 0.25) is 0 Å². The number of hydrogen-bond donors (Lipinski definition) is 4. The summed E-state index contributed by atoms with van der Waals surface area (Å²) in [4.78, 5) is 42.8. The molecule has 0 bridgehead atoms. The van der Waals surface area contributed by atoms with E-state index < -0.39 is 44.1 Å². The van der Waals surface area contributed by atoms with Crippen molar-refractivity contribution in [3.05, 3.63) is 32.6 Å². The van der Waals surface area contributed by atoms with Gasteiger partial charge in [0.05, 0.1) is 6.61 Å². The molecule has 1 radical (unpaired) electrons. The van der Waals surface area contributed by atoms with Crippen LogP contribution in [0.3, 0.4) is 0 Å². The van der Waals surface area contributed by atoms with E-state index in [4.69, 9.17) is 19.6 Å². The molecule has 1 aromatic rings. The number of nitrogens with one attached hydrogen (secondary N) is 1. The van der Waals surface area contributed by atoms with Crippen molar-refractivity contribution in [3.63, 3.8) is 0 Å². The maximum atomic E-state index is 11.7. The number of hydrogen-bond acceptors (Lipinski definition) is 6. The van der Waals surface area contributed by atoms with Gasteiger partial charge in [0.1, 0.15) is 18.4 Å². The summed E-state index contributed by atoms with van der Waals surface area (Å²) >= 11 is 0. The van der Waals surface area contributed by atoms with Gasteiger partial charge < -0.3 is 19.6 Å². The SMILES string of the molecule is Cc1cn(C2CC(OP(=O)(O)O)C(CO)O2)c(=O)[nH]c1=O.[Na]. The van der Waals surface area contributed by atoms with Crippen LogP contribution in [0, 0.1) is 6.92 Å². The van der Waals surface area contributed by atoms with Crippen LogP contribution in [0.5, 0.6) is 0 Å². The second kappa shape index (κ2) is 7.52. The van der Waals surface area contributed by atoms with Gasteiger partial charge in [0.2, 0.25) is 0 Å². The quantitative estimate of drug-likeness (QED) is 0.369. The maximum absolute atomic E-state index is 11.7. The van der Waals surface area contributed by atoms with Crippen molar-refractivity contribution in [3.8, 4) is 0 Å². The third-order valence-corrected chi connectivity index (χ3v) is 3.63. The van der Waals surface area contributed by atoms with E-state index in [9.17, 15) is 14.2 Å². The first-order valence-electron chi connectivity index (χ1n) is 6.03. The molecular weight excluding hydrogens is 330 g/mol. The van der Waals surface area contributed by atoms with Gasteiger partial charge in [-0.05, 0) is 6.92 Å². The Labute approximate surface area is 146 Å². The smallest absolute Gasteiger partial charge is 0.394 e. The van der Waals surface area contributed by atoms with Crippen molar-refractivity contribution >= 4 is 37.4 Å². The Balaban J connectivity index is 0.00000242. The summed E-state index contributed by atoms with van der Waals surface area (Å²) in [7, 11) is -4.75. The molecule has 119 valence electrons. The molecule has 0 amide bonds. The molecule has 12 heteroatoms. The summed E-state index contributed by atoms with van der Waals surface area (Å²) in [5.74, 6) is 0. The molecule has 10 nitrogen and oxygen atoms in total. The van der Waals surface area contributed by atoms with Gasteiger partial charge in [-0.1, -0.05) is 0 Å². The first-order chi connectivity index (χ1) is 9.71. The zero-order valence-electron chi connectivity index (χ0n) is 12.0. The van der Waals surface area contributed by atoms with Gasteiger partial charge in [0.25, 0.3) is 5.56 Å². The van der Waals surface area contributed by atoms with Gasteiger partial charge in [0.15, 0.2) is 0 Å². The molecule has 1 aromatic heterocycles. The molecule has 3 unspecified atom stereocenters. The van der Waals surface area contributed by atoms with Crippen molar-refractivity contribution in [1.82, 2.24) is 9.55 Å². The number of nitrogens with zero attached hydrogens (tertiary/aromatic N) is 1. The Hall–Kier alpha value is -0.290. The molecule has 2 heterocycles. The predicted octanol–water partition coefficient (Wildman–Crippen LogP) is -1.78. The third kappa shape index (κ3) is 4.60. The summed E-state index contributed by atoms with van der Waals surface area (Å²) in [6.45, 7) is 0.967. The van der Waals surface area contributed by atoms with Gasteiger partial charge in [-0.2, -0.15) is 0 Å². The van der Waals surface area contributed by atoms with E-state index in [0.717, 1.165) is 4.57 Å². The van der Waals surface area contributed by atoms with Crippen LogP contribution in [-0.4, -0.2) is 72.8 Å². The Kier molecular flexibility index (Phi) is 6.75. The van der Waals surface area contributed by atoms with Gasteiger partial charge >= 0.3 is 13.5 Å². The Morgan fingerprint density at radius 2 is 2.14 bits per heavy atom. The standard InChI is InChI=1S/C10H15N2O8P.Na/c1-5-3-12(10(15)11-9(5)14)8-2-6(7(4-13)19-8)20-21(16,17)18;/h3,6-8,13H,2,4H2,1H3,(H,11,14,15)(H2,16,17,18);. The minimum Gasteiger partial charge on any atom is -0.394 e. The normalized spacial score (nSPS) is 25.0. The average Bonchev–Trinajstić information content (AvgIpc) is 2.74. The molecule has 1 saturated heterocycles. The molecule has 0 spiro atoms. The van der Waals surface area contributed by atoms with Crippen LogP contribution in [0.15, 0.2) is 15.8 Å². The zero-order chi connectivity index (χ0) is 15.8. The minimum absolute atomic E-state index is 0. The second-order valence-corrected chi connectivity index (χ2v) is 5.85. The van der Waals surface area contributed by atoms with Gasteiger partial charge in [-0.25, -0.2) is 9.36 Å². The summed E-state index contributed by atoms with van der Waals surface area (Å²) < 4.78 is 21.9. The van der Waals surface area contributed by atoms with E-state index >= 15 is 0 Å². The van der Waals surface area contributed by atoms with Crippen LogP contribution in [-0.2, 0) is 13.8 Å². The number of phosphoric ester groups is 1. The van der Waals surface area contributed by atoms with E-state index in [-0.39, 0.29) is 41.5 Å². The number of H-pyrrole nitrogens is 1. The van der Waals surface area contributed by atoms with Gasteiger partial charge in [0, 0.05) is 47.7 Å². The molecule has 3 atom stereocenters.